The summed E-state index contributed by atoms with van der Waals surface area (Å²) in [6.45, 7) is 0. The molecule has 0 amide bonds. The molecule has 0 saturated carbocycles. The molecular weight excluding hydrogens is 382 g/mol. The van der Waals surface area contributed by atoms with Gasteiger partial charge in [0.05, 0.1) is 16.5 Å². The Kier molecular flexibility index (Phi) is 5.04. The number of fused-ring (bicyclic) bond motifs is 1. The van der Waals surface area contributed by atoms with E-state index >= 15 is 0 Å². The number of rotatable bonds is 3. The van der Waals surface area contributed by atoms with E-state index in [1.807, 2.05) is 0 Å². The Morgan fingerprint density at radius 2 is 1.44 bits per heavy atom. The van der Waals surface area contributed by atoms with Crippen molar-refractivity contribution in [1.82, 2.24) is 0 Å². The smallest absolute Gasteiger partial charge is 0.335 e. The molecule has 0 radical (unpaired) electrons. The van der Waals surface area contributed by atoms with Crippen LogP contribution in [0.15, 0.2) is 51.7 Å². The zero-order chi connectivity index (χ0) is 17.4. The molecule has 7 nitrogen and oxygen atoms in total. The van der Waals surface area contributed by atoms with Crippen molar-refractivity contribution >= 4 is 22.9 Å². The SMILES string of the molecule is O=C(O)c1ccc(-c2oc3ccc(C(=O)O)cc3c(=O)c2O)cc1.[Zn]. The van der Waals surface area contributed by atoms with Crippen LogP contribution in [0.3, 0.4) is 0 Å². The van der Waals surface area contributed by atoms with Crippen LogP contribution in [0.4, 0.5) is 0 Å². The summed E-state index contributed by atoms with van der Waals surface area (Å²) in [6.07, 6.45) is 0. The molecule has 0 aliphatic carbocycles. The van der Waals surface area contributed by atoms with E-state index in [2.05, 4.69) is 0 Å². The molecule has 0 unspecified atom stereocenters. The van der Waals surface area contributed by atoms with Crippen LogP contribution in [0, 0.1) is 0 Å². The fraction of sp³-hybridized carbons (Fsp3) is 0. The number of aromatic carboxylic acids is 2. The molecule has 0 atom stereocenters. The first-order chi connectivity index (χ1) is 11.4. The molecule has 0 aliphatic heterocycles. The molecule has 2 aromatic carbocycles. The van der Waals surface area contributed by atoms with Gasteiger partial charge in [-0.3, -0.25) is 4.79 Å². The second-order valence-corrected chi connectivity index (χ2v) is 5.01. The predicted molar refractivity (Wildman–Crippen MR) is 83.5 cm³/mol. The largest absolute Gasteiger partial charge is 0.502 e. The molecule has 0 fully saturated rings. The molecule has 3 rings (SSSR count). The zero-order valence-corrected chi connectivity index (χ0v) is 15.7. The topological polar surface area (TPSA) is 125 Å². The summed E-state index contributed by atoms with van der Waals surface area (Å²) in [5.41, 5.74) is -0.393. The van der Waals surface area contributed by atoms with Gasteiger partial charge in [0, 0.05) is 25.0 Å². The van der Waals surface area contributed by atoms with E-state index in [4.69, 9.17) is 14.6 Å². The number of benzene rings is 2. The fourth-order valence-electron chi connectivity index (χ4n) is 2.28. The first-order valence-electron chi connectivity index (χ1n) is 6.75. The van der Waals surface area contributed by atoms with Crippen LogP contribution < -0.4 is 5.43 Å². The minimum Gasteiger partial charge on any atom is -0.502 e. The van der Waals surface area contributed by atoms with Crippen molar-refractivity contribution in [2.45, 2.75) is 0 Å². The zero-order valence-electron chi connectivity index (χ0n) is 12.7. The van der Waals surface area contributed by atoms with Crippen LogP contribution in [0.2, 0.25) is 0 Å². The van der Waals surface area contributed by atoms with E-state index in [1.165, 1.54) is 36.4 Å². The summed E-state index contributed by atoms with van der Waals surface area (Å²) >= 11 is 0. The van der Waals surface area contributed by atoms with Crippen molar-refractivity contribution in [2.75, 3.05) is 0 Å². The van der Waals surface area contributed by atoms with Gasteiger partial charge in [0.2, 0.25) is 11.2 Å². The molecule has 122 valence electrons. The maximum absolute atomic E-state index is 12.3. The van der Waals surface area contributed by atoms with E-state index in [-0.39, 0.29) is 47.3 Å². The summed E-state index contributed by atoms with van der Waals surface area (Å²) in [4.78, 5) is 34.1. The number of hydrogen-bond donors (Lipinski definition) is 3. The average Bonchev–Trinajstić information content (AvgIpc) is 2.57. The molecule has 0 saturated heterocycles. The second-order valence-electron chi connectivity index (χ2n) is 5.01. The molecular formula is C17H10O7Zn. The molecule has 0 bridgehead atoms. The van der Waals surface area contributed by atoms with Gasteiger partial charge in [-0.25, -0.2) is 9.59 Å². The van der Waals surface area contributed by atoms with E-state index in [9.17, 15) is 19.5 Å². The van der Waals surface area contributed by atoms with Crippen LogP contribution in [0.1, 0.15) is 20.7 Å². The Labute approximate surface area is 152 Å². The molecule has 0 aliphatic rings. The molecule has 1 heterocycles. The molecule has 0 spiro atoms. The number of carboxylic acid groups (broad SMARTS) is 2. The number of carbonyl (C=O) groups is 2. The Bertz CT molecular complexity index is 1040. The van der Waals surface area contributed by atoms with Crippen molar-refractivity contribution < 1.29 is 48.8 Å². The normalized spacial score (nSPS) is 10.2. The number of hydrogen-bond acceptors (Lipinski definition) is 5. The summed E-state index contributed by atoms with van der Waals surface area (Å²) < 4.78 is 5.50. The Morgan fingerprint density at radius 1 is 0.880 bits per heavy atom. The Morgan fingerprint density at radius 3 is 2.00 bits per heavy atom. The van der Waals surface area contributed by atoms with Crippen molar-refractivity contribution in [2.24, 2.45) is 0 Å². The van der Waals surface area contributed by atoms with E-state index < -0.39 is 23.1 Å². The van der Waals surface area contributed by atoms with Gasteiger partial charge in [-0.1, -0.05) is 12.1 Å². The Hall–Kier alpha value is -2.99. The van der Waals surface area contributed by atoms with E-state index in [1.54, 1.807) is 0 Å². The summed E-state index contributed by atoms with van der Waals surface area (Å²) in [5, 5.41) is 27.9. The molecule has 1 aromatic heterocycles. The molecule has 3 aromatic rings. The fourth-order valence-corrected chi connectivity index (χ4v) is 2.28. The summed E-state index contributed by atoms with van der Waals surface area (Å²) in [7, 11) is 0. The quantitative estimate of drug-likeness (QED) is 0.586. The van der Waals surface area contributed by atoms with Crippen LogP contribution >= 0.6 is 0 Å². The van der Waals surface area contributed by atoms with Gasteiger partial charge in [-0.05, 0) is 30.3 Å². The van der Waals surface area contributed by atoms with Crippen molar-refractivity contribution in [1.29, 1.82) is 0 Å². The van der Waals surface area contributed by atoms with Gasteiger partial charge in [-0.15, -0.1) is 0 Å². The van der Waals surface area contributed by atoms with Gasteiger partial charge >= 0.3 is 11.9 Å². The average molecular weight is 392 g/mol. The third-order valence-corrected chi connectivity index (χ3v) is 3.51. The molecule has 3 N–H and O–H groups in total. The number of aromatic hydroxyl groups is 1. The third kappa shape index (κ3) is 3.30. The summed E-state index contributed by atoms with van der Waals surface area (Å²) in [5.74, 6) is -3.10. The second kappa shape index (κ2) is 6.87. The first kappa shape index (κ1) is 18.4. The third-order valence-electron chi connectivity index (χ3n) is 3.51. The maximum atomic E-state index is 12.3. The predicted octanol–water partition coefficient (Wildman–Crippen LogP) is 2.56. The van der Waals surface area contributed by atoms with Gasteiger partial charge in [0.15, 0.2) is 5.76 Å². The Balaban J connectivity index is 0.00000225. The minimum absolute atomic E-state index is 0. The van der Waals surface area contributed by atoms with Gasteiger partial charge in [0.1, 0.15) is 5.58 Å². The standard InChI is InChI=1S/C17H10O7.Zn/c18-13-11-7-10(17(22)23)5-6-12(11)24-15(14(13)19)8-1-3-9(4-2-8)16(20)21;/h1-7,19H,(H,20,21)(H,22,23);. The van der Waals surface area contributed by atoms with Crippen molar-refractivity contribution in [3.05, 3.63) is 63.8 Å². The van der Waals surface area contributed by atoms with Crippen LogP contribution in [-0.2, 0) is 19.5 Å². The molecule has 25 heavy (non-hydrogen) atoms. The molecule has 8 heteroatoms. The van der Waals surface area contributed by atoms with Crippen molar-refractivity contribution in [3.63, 3.8) is 0 Å². The van der Waals surface area contributed by atoms with Crippen LogP contribution in [0.5, 0.6) is 5.75 Å². The van der Waals surface area contributed by atoms with Gasteiger partial charge in [0.25, 0.3) is 0 Å². The van der Waals surface area contributed by atoms with Crippen molar-refractivity contribution in [3.8, 4) is 17.1 Å². The summed E-state index contributed by atoms with van der Waals surface area (Å²) in [6, 6.07) is 9.17. The maximum Gasteiger partial charge on any atom is 0.335 e. The van der Waals surface area contributed by atoms with Crippen LogP contribution in [-0.4, -0.2) is 27.3 Å². The number of carboxylic acids is 2. The van der Waals surface area contributed by atoms with Crippen LogP contribution in [0.25, 0.3) is 22.3 Å². The van der Waals surface area contributed by atoms with Gasteiger partial charge < -0.3 is 19.7 Å². The minimum atomic E-state index is -1.20. The van der Waals surface area contributed by atoms with E-state index in [0.717, 1.165) is 6.07 Å². The van der Waals surface area contributed by atoms with Gasteiger partial charge in [-0.2, -0.15) is 0 Å². The monoisotopic (exact) mass is 390 g/mol. The van der Waals surface area contributed by atoms with E-state index in [0.29, 0.717) is 5.56 Å². The first-order valence-corrected chi connectivity index (χ1v) is 6.75.